The predicted molar refractivity (Wildman–Crippen MR) is 101 cm³/mol. The van der Waals surface area contributed by atoms with Crippen LogP contribution in [0.2, 0.25) is 0 Å². The van der Waals surface area contributed by atoms with Gasteiger partial charge in [-0.15, -0.1) is 0 Å². The summed E-state index contributed by atoms with van der Waals surface area (Å²) in [6.45, 7) is 0. The third-order valence-electron chi connectivity index (χ3n) is 4.82. The van der Waals surface area contributed by atoms with Crippen molar-refractivity contribution in [1.82, 2.24) is 4.98 Å². The highest BCUT2D eigenvalue weighted by atomic mass is 16.2. The molecule has 0 unspecified atom stereocenters. The highest BCUT2D eigenvalue weighted by molar-refractivity contribution is 6.54. The maximum absolute atomic E-state index is 13.0. The van der Waals surface area contributed by atoms with Crippen LogP contribution in [-0.2, 0) is 0 Å². The Kier molecular flexibility index (Phi) is 3.09. The third kappa shape index (κ3) is 1.97. The van der Waals surface area contributed by atoms with Gasteiger partial charge >= 0.3 is 0 Å². The molecule has 0 aliphatic heterocycles. The summed E-state index contributed by atoms with van der Waals surface area (Å²) in [5, 5.41) is 0.873. The molecule has 5 rings (SSSR count). The van der Waals surface area contributed by atoms with Gasteiger partial charge in [-0.2, -0.15) is 0 Å². The lowest BCUT2D eigenvalue weighted by Crippen LogP contribution is -2.23. The predicted octanol–water partition coefficient (Wildman–Crippen LogP) is 4.95. The SMILES string of the molecule is O=C1C(=O)c2c(nc3ccccc3c2-c2ccccc2)-c2ccccc21. The molecule has 0 fully saturated rings. The molecule has 0 saturated carbocycles. The van der Waals surface area contributed by atoms with Gasteiger partial charge in [-0.05, 0) is 11.6 Å². The summed E-state index contributed by atoms with van der Waals surface area (Å²) in [7, 11) is 0. The van der Waals surface area contributed by atoms with E-state index in [1.807, 2.05) is 66.7 Å². The maximum Gasteiger partial charge on any atom is 0.236 e. The Hall–Kier alpha value is -3.59. The molecule has 0 radical (unpaired) electrons. The van der Waals surface area contributed by atoms with Gasteiger partial charge in [0.25, 0.3) is 0 Å². The van der Waals surface area contributed by atoms with Crippen molar-refractivity contribution in [3.63, 3.8) is 0 Å². The molecule has 26 heavy (non-hydrogen) atoms. The van der Waals surface area contributed by atoms with Crippen molar-refractivity contribution >= 4 is 22.5 Å². The molecule has 0 spiro atoms. The number of Topliss-reactive ketones (excluding diaryl/α,β-unsaturated/α-hetero) is 2. The van der Waals surface area contributed by atoms with Crippen LogP contribution in [0.25, 0.3) is 33.3 Å². The Labute approximate surface area is 149 Å². The van der Waals surface area contributed by atoms with Gasteiger partial charge < -0.3 is 0 Å². The number of nitrogens with zero attached hydrogens (tertiary/aromatic N) is 1. The number of carbonyl (C=O) groups excluding carboxylic acids is 2. The Morgan fingerprint density at radius 1 is 0.577 bits per heavy atom. The summed E-state index contributed by atoms with van der Waals surface area (Å²) in [6, 6.07) is 24.6. The first-order chi connectivity index (χ1) is 12.8. The van der Waals surface area contributed by atoms with Crippen molar-refractivity contribution < 1.29 is 9.59 Å². The number of pyridine rings is 1. The van der Waals surface area contributed by atoms with Crippen molar-refractivity contribution in [2.24, 2.45) is 0 Å². The van der Waals surface area contributed by atoms with Gasteiger partial charge in [0.2, 0.25) is 11.6 Å². The summed E-state index contributed by atoms with van der Waals surface area (Å²) in [6.07, 6.45) is 0. The molecule has 3 aromatic carbocycles. The second kappa shape index (κ2) is 5.46. The number of rotatable bonds is 1. The van der Waals surface area contributed by atoms with Crippen LogP contribution in [0.15, 0.2) is 78.9 Å². The molecule has 0 atom stereocenters. The van der Waals surface area contributed by atoms with Gasteiger partial charge in [-0.3, -0.25) is 9.59 Å². The van der Waals surface area contributed by atoms with Gasteiger partial charge in [0.05, 0.1) is 16.8 Å². The van der Waals surface area contributed by atoms with E-state index in [9.17, 15) is 9.59 Å². The first-order valence-corrected chi connectivity index (χ1v) is 8.42. The second-order valence-corrected chi connectivity index (χ2v) is 6.30. The molecule has 0 amide bonds. The van der Waals surface area contributed by atoms with E-state index < -0.39 is 11.6 Å². The van der Waals surface area contributed by atoms with E-state index in [2.05, 4.69) is 0 Å². The zero-order valence-corrected chi connectivity index (χ0v) is 13.8. The number of hydrogen-bond donors (Lipinski definition) is 0. The van der Waals surface area contributed by atoms with Crippen LogP contribution < -0.4 is 0 Å². The molecule has 1 aliphatic carbocycles. The number of aromatic nitrogens is 1. The number of benzene rings is 3. The zero-order chi connectivity index (χ0) is 17.7. The number of hydrogen-bond acceptors (Lipinski definition) is 3. The second-order valence-electron chi connectivity index (χ2n) is 6.30. The summed E-state index contributed by atoms with van der Waals surface area (Å²) in [5.74, 6) is -0.960. The fourth-order valence-electron chi connectivity index (χ4n) is 3.66. The fraction of sp³-hybridized carbons (Fsp3) is 0. The van der Waals surface area contributed by atoms with E-state index in [-0.39, 0.29) is 0 Å². The van der Waals surface area contributed by atoms with E-state index in [1.54, 1.807) is 12.1 Å². The van der Waals surface area contributed by atoms with Crippen molar-refractivity contribution in [3.8, 4) is 22.4 Å². The van der Waals surface area contributed by atoms with Gasteiger partial charge in [-0.25, -0.2) is 4.98 Å². The summed E-state index contributed by atoms with van der Waals surface area (Å²) < 4.78 is 0. The van der Waals surface area contributed by atoms with Gasteiger partial charge in [0.1, 0.15) is 0 Å². The summed E-state index contributed by atoms with van der Waals surface area (Å²) in [5.41, 5.74) is 4.62. The van der Waals surface area contributed by atoms with Crippen LogP contribution >= 0.6 is 0 Å². The molecule has 0 saturated heterocycles. The Bertz CT molecular complexity index is 1210. The van der Waals surface area contributed by atoms with Crippen LogP contribution in [0.4, 0.5) is 0 Å². The van der Waals surface area contributed by atoms with Crippen molar-refractivity contribution in [2.75, 3.05) is 0 Å². The molecule has 4 aromatic rings. The lowest BCUT2D eigenvalue weighted by atomic mass is 9.82. The minimum Gasteiger partial charge on any atom is -0.285 e. The first kappa shape index (κ1) is 14.7. The van der Waals surface area contributed by atoms with E-state index >= 15 is 0 Å². The topological polar surface area (TPSA) is 47.0 Å². The highest BCUT2D eigenvalue weighted by Crippen LogP contribution is 2.41. The zero-order valence-electron chi connectivity index (χ0n) is 13.8. The van der Waals surface area contributed by atoms with Gasteiger partial charge in [-0.1, -0.05) is 72.8 Å². The molecule has 1 heterocycles. The number of carbonyl (C=O) groups is 2. The van der Waals surface area contributed by atoms with Gasteiger partial charge in [0, 0.05) is 22.1 Å². The number of para-hydroxylation sites is 1. The van der Waals surface area contributed by atoms with Crippen LogP contribution in [0.5, 0.6) is 0 Å². The third-order valence-corrected chi connectivity index (χ3v) is 4.82. The average Bonchev–Trinajstić information content (AvgIpc) is 2.71. The smallest absolute Gasteiger partial charge is 0.236 e. The average molecular weight is 335 g/mol. The monoisotopic (exact) mass is 335 g/mol. The molecule has 1 aliphatic rings. The minimum absolute atomic E-state index is 0.401. The van der Waals surface area contributed by atoms with E-state index in [0.29, 0.717) is 16.8 Å². The minimum atomic E-state index is -0.490. The molecule has 0 bridgehead atoms. The molecule has 0 N–H and O–H groups in total. The van der Waals surface area contributed by atoms with Crippen LogP contribution in [0.3, 0.4) is 0 Å². The quantitative estimate of drug-likeness (QED) is 0.463. The number of fused-ring (bicyclic) bond motifs is 4. The van der Waals surface area contributed by atoms with Crippen molar-refractivity contribution in [3.05, 3.63) is 90.0 Å². The van der Waals surface area contributed by atoms with Crippen molar-refractivity contribution in [1.29, 1.82) is 0 Å². The van der Waals surface area contributed by atoms with Crippen LogP contribution in [-0.4, -0.2) is 16.6 Å². The van der Waals surface area contributed by atoms with E-state index in [4.69, 9.17) is 4.98 Å². The van der Waals surface area contributed by atoms with Crippen molar-refractivity contribution in [2.45, 2.75) is 0 Å². The standard InChI is InChI=1S/C23H13NO2/c25-22-16-11-5-4-10-15(16)21-20(23(22)26)19(14-8-2-1-3-9-14)17-12-6-7-13-18(17)24-21/h1-13H. The maximum atomic E-state index is 13.0. The number of ketones is 2. The Morgan fingerprint density at radius 2 is 1.23 bits per heavy atom. The van der Waals surface area contributed by atoms with Crippen LogP contribution in [0, 0.1) is 0 Å². The normalized spacial score (nSPS) is 12.8. The fourth-order valence-corrected chi connectivity index (χ4v) is 3.66. The molecular weight excluding hydrogens is 322 g/mol. The molecule has 3 heteroatoms. The largest absolute Gasteiger partial charge is 0.285 e. The molecule has 122 valence electrons. The summed E-state index contributed by atoms with van der Waals surface area (Å²) in [4.78, 5) is 30.5. The van der Waals surface area contributed by atoms with Crippen LogP contribution in [0.1, 0.15) is 20.7 Å². The van der Waals surface area contributed by atoms with Gasteiger partial charge in [0.15, 0.2) is 0 Å². The van der Waals surface area contributed by atoms with E-state index in [1.165, 1.54) is 0 Å². The lowest BCUT2D eigenvalue weighted by Gasteiger charge is -2.21. The molecular formula is C23H13NO2. The lowest BCUT2D eigenvalue weighted by molar-refractivity contribution is 0.0815. The van der Waals surface area contributed by atoms with E-state index in [0.717, 1.165) is 27.6 Å². The first-order valence-electron chi connectivity index (χ1n) is 8.42. The molecule has 1 aromatic heterocycles. The molecule has 3 nitrogen and oxygen atoms in total. The summed E-state index contributed by atoms with van der Waals surface area (Å²) >= 11 is 0. The highest BCUT2D eigenvalue weighted by Gasteiger charge is 2.34. The Morgan fingerprint density at radius 3 is 2.04 bits per heavy atom. The Balaban J connectivity index is 2.00.